The Bertz CT molecular complexity index is 479. The summed E-state index contributed by atoms with van der Waals surface area (Å²) in [7, 11) is 0. The normalized spacial score (nSPS) is 10.4. The lowest BCUT2D eigenvalue weighted by molar-refractivity contribution is 0.309. The van der Waals surface area contributed by atoms with Crippen LogP contribution in [-0.2, 0) is 0 Å². The zero-order chi connectivity index (χ0) is 14.0. The quantitative estimate of drug-likeness (QED) is 0.486. The molecule has 0 heterocycles. The molecule has 1 radical (unpaired) electrons. The monoisotopic (exact) mass is 285 g/mol. The van der Waals surface area contributed by atoms with E-state index < -0.39 is 0 Å². The standard InChI is InChI=1S/C18H21OS/c1-2-3-14-19-17-9-11-18(12-10-17)20-15-13-16-7-5-4-6-8-16/h4-13H,2-3,14-15H2,1H3. The van der Waals surface area contributed by atoms with Gasteiger partial charge in [-0.2, -0.15) is 0 Å². The highest BCUT2D eigenvalue weighted by Gasteiger charge is 1.98. The van der Waals surface area contributed by atoms with Crippen LogP contribution in [0.1, 0.15) is 25.3 Å². The van der Waals surface area contributed by atoms with Crippen molar-refractivity contribution >= 4 is 11.8 Å². The number of unbranched alkanes of at least 4 members (excludes halogenated alkanes) is 1. The van der Waals surface area contributed by atoms with E-state index in [1.165, 1.54) is 16.9 Å². The second-order valence-corrected chi connectivity index (χ2v) is 5.69. The van der Waals surface area contributed by atoms with Crippen molar-refractivity contribution in [1.82, 2.24) is 0 Å². The van der Waals surface area contributed by atoms with E-state index in [-0.39, 0.29) is 0 Å². The Kier molecular flexibility index (Phi) is 6.52. The minimum absolute atomic E-state index is 0.810. The van der Waals surface area contributed by atoms with E-state index in [4.69, 9.17) is 4.74 Å². The third-order valence-corrected chi connectivity index (χ3v) is 3.90. The molecular weight excluding hydrogens is 264 g/mol. The van der Waals surface area contributed by atoms with Gasteiger partial charge in [-0.05, 0) is 36.2 Å². The second kappa shape index (κ2) is 8.70. The summed E-state index contributed by atoms with van der Waals surface area (Å²) in [6.07, 6.45) is 4.53. The van der Waals surface area contributed by atoms with E-state index in [0.29, 0.717) is 0 Å². The van der Waals surface area contributed by atoms with Crippen LogP contribution >= 0.6 is 11.8 Å². The van der Waals surface area contributed by atoms with Crippen LogP contribution in [0.15, 0.2) is 59.5 Å². The number of rotatable bonds is 8. The lowest BCUT2D eigenvalue weighted by Crippen LogP contribution is -1.95. The molecule has 0 atom stereocenters. The van der Waals surface area contributed by atoms with E-state index in [9.17, 15) is 0 Å². The molecule has 2 aromatic carbocycles. The number of hydrogen-bond acceptors (Lipinski definition) is 2. The van der Waals surface area contributed by atoms with Crippen molar-refractivity contribution in [3.63, 3.8) is 0 Å². The Hall–Kier alpha value is -1.41. The minimum atomic E-state index is 0.810. The average Bonchev–Trinajstić information content (AvgIpc) is 2.50. The molecule has 0 N–H and O–H groups in total. The molecule has 0 fully saturated rings. The van der Waals surface area contributed by atoms with E-state index in [2.05, 4.69) is 61.9 Å². The lowest BCUT2D eigenvalue weighted by atomic mass is 10.2. The minimum Gasteiger partial charge on any atom is -0.494 e. The molecule has 0 aromatic heterocycles. The van der Waals surface area contributed by atoms with Gasteiger partial charge in [0.25, 0.3) is 0 Å². The van der Waals surface area contributed by atoms with Crippen molar-refractivity contribution in [1.29, 1.82) is 0 Å². The molecule has 0 unspecified atom stereocenters. The van der Waals surface area contributed by atoms with Gasteiger partial charge in [0, 0.05) is 17.1 Å². The topological polar surface area (TPSA) is 9.23 Å². The Labute approximate surface area is 126 Å². The highest BCUT2D eigenvalue weighted by molar-refractivity contribution is 7.99. The van der Waals surface area contributed by atoms with Crippen molar-refractivity contribution in [3.05, 3.63) is 66.6 Å². The smallest absolute Gasteiger partial charge is 0.119 e. The third-order valence-electron chi connectivity index (χ3n) is 2.96. The Morgan fingerprint density at radius 3 is 2.45 bits per heavy atom. The summed E-state index contributed by atoms with van der Waals surface area (Å²) in [5.41, 5.74) is 1.28. The van der Waals surface area contributed by atoms with Crippen molar-refractivity contribution in [2.45, 2.75) is 24.7 Å². The first-order valence-electron chi connectivity index (χ1n) is 7.12. The molecule has 2 rings (SSSR count). The number of hydrogen-bond donors (Lipinski definition) is 0. The van der Waals surface area contributed by atoms with Gasteiger partial charge >= 0.3 is 0 Å². The molecular formula is C18H21OS. The van der Waals surface area contributed by atoms with Gasteiger partial charge < -0.3 is 4.74 Å². The average molecular weight is 285 g/mol. The first kappa shape index (κ1) is 15.0. The van der Waals surface area contributed by atoms with Crippen molar-refractivity contribution in [2.75, 3.05) is 12.4 Å². The molecule has 0 saturated carbocycles. The molecule has 1 nitrogen and oxygen atoms in total. The molecule has 0 aliphatic rings. The lowest BCUT2D eigenvalue weighted by Gasteiger charge is -2.06. The molecule has 0 saturated heterocycles. The molecule has 0 aliphatic carbocycles. The molecule has 20 heavy (non-hydrogen) atoms. The van der Waals surface area contributed by atoms with Gasteiger partial charge in [-0.1, -0.05) is 43.7 Å². The highest BCUT2D eigenvalue weighted by Crippen LogP contribution is 2.23. The predicted octanol–water partition coefficient (Wildman–Crippen LogP) is 5.21. The number of ether oxygens (including phenoxy) is 1. The van der Waals surface area contributed by atoms with Gasteiger partial charge in [0.2, 0.25) is 0 Å². The summed E-state index contributed by atoms with van der Waals surface area (Å²) in [5.74, 6) is 1.95. The van der Waals surface area contributed by atoms with Crippen LogP contribution in [0.3, 0.4) is 0 Å². The summed E-state index contributed by atoms with van der Waals surface area (Å²) >= 11 is 1.84. The highest BCUT2D eigenvalue weighted by atomic mass is 32.2. The van der Waals surface area contributed by atoms with Gasteiger partial charge in [-0.3, -0.25) is 0 Å². The van der Waals surface area contributed by atoms with Crippen LogP contribution in [0.25, 0.3) is 0 Å². The van der Waals surface area contributed by atoms with Crippen molar-refractivity contribution < 1.29 is 4.74 Å². The van der Waals surface area contributed by atoms with Crippen LogP contribution < -0.4 is 4.74 Å². The van der Waals surface area contributed by atoms with Crippen LogP contribution in [0.2, 0.25) is 0 Å². The van der Waals surface area contributed by atoms with Crippen LogP contribution in [0.4, 0.5) is 0 Å². The second-order valence-electron chi connectivity index (χ2n) is 4.60. The predicted molar refractivity (Wildman–Crippen MR) is 87.4 cm³/mol. The largest absolute Gasteiger partial charge is 0.494 e. The van der Waals surface area contributed by atoms with Crippen molar-refractivity contribution in [3.8, 4) is 5.75 Å². The van der Waals surface area contributed by atoms with E-state index in [1.807, 2.05) is 17.8 Å². The summed E-state index contributed by atoms with van der Waals surface area (Å²) in [6.45, 7) is 2.98. The zero-order valence-corrected chi connectivity index (χ0v) is 12.7. The zero-order valence-electron chi connectivity index (χ0n) is 11.9. The summed E-state index contributed by atoms with van der Waals surface area (Å²) < 4.78 is 5.66. The Morgan fingerprint density at radius 2 is 1.75 bits per heavy atom. The van der Waals surface area contributed by atoms with Crippen LogP contribution in [-0.4, -0.2) is 12.4 Å². The maximum Gasteiger partial charge on any atom is 0.119 e. The summed E-state index contributed by atoms with van der Waals surface area (Å²) in [5, 5.41) is 0. The fourth-order valence-corrected chi connectivity index (χ4v) is 2.59. The molecule has 0 spiro atoms. The summed E-state index contributed by atoms with van der Waals surface area (Å²) in [6, 6.07) is 18.8. The van der Waals surface area contributed by atoms with Crippen molar-refractivity contribution in [2.24, 2.45) is 0 Å². The SMILES string of the molecule is CCCCOc1ccc(SC[CH]c2ccccc2)cc1. The Balaban J connectivity index is 1.73. The van der Waals surface area contributed by atoms with Gasteiger partial charge in [0.15, 0.2) is 0 Å². The maximum atomic E-state index is 5.66. The van der Waals surface area contributed by atoms with Gasteiger partial charge in [-0.25, -0.2) is 0 Å². The van der Waals surface area contributed by atoms with Gasteiger partial charge in [0.1, 0.15) is 5.75 Å². The summed E-state index contributed by atoms with van der Waals surface area (Å²) in [4.78, 5) is 1.28. The molecule has 0 aliphatic heterocycles. The Morgan fingerprint density at radius 1 is 1.00 bits per heavy atom. The van der Waals surface area contributed by atoms with Gasteiger partial charge in [-0.15, -0.1) is 11.8 Å². The third kappa shape index (κ3) is 5.30. The first-order chi connectivity index (χ1) is 9.88. The molecule has 0 bridgehead atoms. The van der Waals surface area contributed by atoms with E-state index in [1.54, 1.807) is 0 Å². The number of thioether (sulfide) groups is 1. The number of benzene rings is 2. The van der Waals surface area contributed by atoms with E-state index in [0.717, 1.165) is 24.5 Å². The molecule has 2 heteroatoms. The molecule has 2 aromatic rings. The fourth-order valence-electron chi connectivity index (χ4n) is 1.79. The first-order valence-corrected chi connectivity index (χ1v) is 8.11. The maximum absolute atomic E-state index is 5.66. The fraction of sp³-hybridized carbons (Fsp3) is 0.278. The molecule has 0 amide bonds. The molecule has 105 valence electrons. The van der Waals surface area contributed by atoms with E-state index >= 15 is 0 Å². The van der Waals surface area contributed by atoms with Gasteiger partial charge in [0.05, 0.1) is 6.61 Å². The van der Waals surface area contributed by atoms with Crippen LogP contribution in [0, 0.1) is 6.42 Å². The van der Waals surface area contributed by atoms with Crippen LogP contribution in [0.5, 0.6) is 5.75 Å².